The number of nitrogens with zero attached hydrogens (tertiary/aromatic N) is 3. The van der Waals surface area contributed by atoms with Gasteiger partial charge in [0.15, 0.2) is 10.3 Å². The number of aliphatic hydroxyl groups is 1. The van der Waals surface area contributed by atoms with Crippen molar-refractivity contribution in [3.05, 3.63) is 65.2 Å². The normalized spacial score (nSPS) is 12.9. The fourth-order valence-corrected chi connectivity index (χ4v) is 3.98. The van der Waals surface area contributed by atoms with E-state index >= 15 is 0 Å². The quantitative estimate of drug-likeness (QED) is 0.286. The first-order valence-corrected chi connectivity index (χ1v) is 12.3. The molecule has 2 heterocycles. The van der Waals surface area contributed by atoms with Gasteiger partial charge in [0.05, 0.1) is 19.4 Å². The SMILES string of the molecule is O=C(Nc1ncc(F)s1)c1cc(OCCC2CC2)cc(Oc2ccc(-c3nnc(CCO)o3)cc2)c1. The summed E-state index contributed by atoms with van der Waals surface area (Å²) in [5.41, 5.74) is 0.996. The van der Waals surface area contributed by atoms with Crippen molar-refractivity contribution in [3.63, 3.8) is 0 Å². The summed E-state index contributed by atoms with van der Waals surface area (Å²) in [6.07, 6.45) is 4.76. The number of carbonyl (C=O) groups excluding carboxylic acids is 1. The van der Waals surface area contributed by atoms with Gasteiger partial charge in [-0.15, -0.1) is 10.2 Å². The lowest BCUT2D eigenvalue weighted by Crippen LogP contribution is -2.12. The van der Waals surface area contributed by atoms with Crippen LogP contribution in [0, 0.1) is 11.0 Å². The van der Waals surface area contributed by atoms with Gasteiger partial charge < -0.3 is 19.0 Å². The van der Waals surface area contributed by atoms with Crippen molar-refractivity contribution in [2.75, 3.05) is 18.5 Å². The minimum absolute atomic E-state index is 0.0709. The molecule has 186 valence electrons. The fraction of sp³-hybridized carbons (Fsp3) is 0.280. The average molecular weight is 511 g/mol. The van der Waals surface area contributed by atoms with Crippen LogP contribution in [0.25, 0.3) is 11.5 Å². The van der Waals surface area contributed by atoms with Crippen LogP contribution in [0.4, 0.5) is 9.52 Å². The van der Waals surface area contributed by atoms with Gasteiger partial charge in [-0.05, 0) is 48.7 Å². The van der Waals surface area contributed by atoms with Gasteiger partial charge in [-0.3, -0.25) is 10.1 Å². The molecule has 1 aliphatic rings. The molecule has 0 unspecified atom stereocenters. The molecule has 0 saturated heterocycles. The zero-order valence-electron chi connectivity index (χ0n) is 19.1. The predicted octanol–water partition coefficient (Wildman–Crippen LogP) is 5.09. The van der Waals surface area contributed by atoms with E-state index in [-0.39, 0.29) is 11.7 Å². The second-order valence-corrected chi connectivity index (χ2v) is 9.28. The van der Waals surface area contributed by atoms with E-state index in [0.717, 1.165) is 24.0 Å². The molecule has 2 aromatic heterocycles. The molecule has 1 aliphatic carbocycles. The van der Waals surface area contributed by atoms with Gasteiger partial charge in [-0.2, -0.15) is 4.39 Å². The molecule has 1 amide bonds. The first-order valence-electron chi connectivity index (χ1n) is 11.5. The van der Waals surface area contributed by atoms with Crippen LogP contribution in [0.2, 0.25) is 0 Å². The van der Waals surface area contributed by atoms with E-state index < -0.39 is 11.0 Å². The Balaban J connectivity index is 1.32. The molecule has 11 heteroatoms. The van der Waals surface area contributed by atoms with Crippen LogP contribution in [0.15, 0.2) is 53.1 Å². The Morgan fingerprint density at radius 2 is 1.94 bits per heavy atom. The average Bonchev–Trinajstić information content (AvgIpc) is 3.42. The highest BCUT2D eigenvalue weighted by Crippen LogP contribution is 2.33. The Morgan fingerprint density at radius 3 is 2.67 bits per heavy atom. The van der Waals surface area contributed by atoms with E-state index in [2.05, 4.69) is 20.5 Å². The van der Waals surface area contributed by atoms with Gasteiger partial charge in [-0.25, -0.2) is 4.98 Å². The zero-order chi connectivity index (χ0) is 24.9. The maximum absolute atomic E-state index is 13.3. The van der Waals surface area contributed by atoms with Gasteiger partial charge in [-0.1, -0.05) is 24.2 Å². The molecule has 0 atom stereocenters. The van der Waals surface area contributed by atoms with Crippen molar-refractivity contribution < 1.29 is 28.2 Å². The molecule has 2 N–H and O–H groups in total. The van der Waals surface area contributed by atoms with Crippen molar-refractivity contribution >= 4 is 22.4 Å². The number of aliphatic hydroxyl groups excluding tert-OH is 1. The summed E-state index contributed by atoms with van der Waals surface area (Å²) in [7, 11) is 0. The monoisotopic (exact) mass is 510 g/mol. The van der Waals surface area contributed by atoms with Crippen LogP contribution < -0.4 is 14.8 Å². The summed E-state index contributed by atoms with van der Waals surface area (Å²) < 4.78 is 30.7. The number of thiazole rings is 1. The molecule has 0 aliphatic heterocycles. The molecular formula is C25H23FN4O5S. The van der Waals surface area contributed by atoms with E-state index in [1.165, 1.54) is 12.8 Å². The minimum Gasteiger partial charge on any atom is -0.493 e. The molecule has 1 saturated carbocycles. The zero-order valence-corrected chi connectivity index (χ0v) is 20.0. The third-order valence-corrected chi connectivity index (χ3v) is 6.16. The smallest absolute Gasteiger partial charge is 0.257 e. The van der Waals surface area contributed by atoms with Gasteiger partial charge >= 0.3 is 0 Å². The topological polar surface area (TPSA) is 120 Å². The van der Waals surface area contributed by atoms with E-state index in [1.54, 1.807) is 42.5 Å². The number of amides is 1. The first-order chi connectivity index (χ1) is 17.6. The largest absolute Gasteiger partial charge is 0.493 e. The van der Waals surface area contributed by atoms with Crippen LogP contribution >= 0.6 is 11.3 Å². The highest BCUT2D eigenvalue weighted by atomic mass is 32.1. The maximum atomic E-state index is 13.3. The summed E-state index contributed by atoms with van der Waals surface area (Å²) in [5.74, 6) is 2.40. The highest BCUT2D eigenvalue weighted by molar-refractivity contribution is 7.14. The van der Waals surface area contributed by atoms with Crippen LogP contribution in [0.1, 0.15) is 35.5 Å². The second kappa shape index (κ2) is 10.8. The van der Waals surface area contributed by atoms with Gasteiger partial charge in [0.1, 0.15) is 17.2 Å². The predicted molar refractivity (Wildman–Crippen MR) is 130 cm³/mol. The third-order valence-electron chi connectivity index (χ3n) is 5.46. The van der Waals surface area contributed by atoms with Crippen molar-refractivity contribution in [1.29, 1.82) is 0 Å². The summed E-state index contributed by atoms with van der Waals surface area (Å²) in [5, 5.41) is 19.2. The van der Waals surface area contributed by atoms with Gasteiger partial charge in [0.25, 0.3) is 5.91 Å². The molecule has 4 aromatic rings. The molecule has 0 radical (unpaired) electrons. The fourth-order valence-electron chi connectivity index (χ4n) is 3.45. The lowest BCUT2D eigenvalue weighted by Gasteiger charge is -2.12. The minimum atomic E-state index is -0.486. The number of ether oxygens (including phenoxy) is 2. The second-order valence-electron chi connectivity index (χ2n) is 8.30. The van der Waals surface area contributed by atoms with Crippen molar-refractivity contribution in [3.8, 4) is 28.7 Å². The Labute approximate surface area is 209 Å². The Kier molecular flexibility index (Phi) is 7.19. The third kappa shape index (κ3) is 6.23. The van der Waals surface area contributed by atoms with Crippen molar-refractivity contribution in [2.24, 2.45) is 5.92 Å². The molecule has 1 fully saturated rings. The molecule has 9 nitrogen and oxygen atoms in total. The highest BCUT2D eigenvalue weighted by Gasteiger charge is 2.21. The molecule has 0 spiro atoms. The van der Waals surface area contributed by atoms with Crippen molar-refractivity contribution in [1.82, 2.24) is 15.2 Å². The summed E-state index contributed by atoms with van der Waals surface area (Å²) >= 11 is 0.748. The standard InChI is InChI=1S/C25H23FN4O5S/c26-21-14-27-25(36-21)28-23(32)17-11-19(33-10-8-15-1-2-15)13-20(12-17)34-18-5-3-16(4-6-18)24-30-29-22(35-24)7-9-31/h3-6,11-15,31H,1-2,7-10H2,(H,27,28,32). The van der Waals surface area contributed by atoms with Crippen LogP contribution in [0.5, 0.6) is 17.2 Å². The van der Waals surface area contributed by atoms with E-state index in [1.807, 2.05) is 0 Å². The maximum Gasteiger partial charge on any atom is 0.257 e. The van der Waals surface area contributed by atoms with Crippen LogP contribution in [0.3, 0.4) is 0 Å². The van der Waals surface area contributed by atoms with Crippen LogP contribution in [-0.2, 0) is 6.42 Å². The van der Waals surface area contributed by atoms with E-state index in [0.29, 0.717) is 59.1 Å². The number of halogens is 1. The Morgan fingerprint density at radius 1 is 1.14 bits per heavy atom. The number of aromatic nitrogens is 3. The van der Waals surface area contributed by atoms with Gasteiger partial charge in [0.2, 0.25) is 11.8 Å². The molecule has 36 heavy (non-hydrogen) atoms. The number of carbonyl (C=O) groups is 1. The number of rotatable bonds is 11. The van der Waals surface area contributed by atoms with E-state index in [4.69, 9.17) is 19.0 Å². The van der Waals surface area contributed by atoms with E-state index in [9.17, 15) is 9.18 Å². The lowest BCUT2D eigenvalue weighted by molar-refractivity contribution is 0.102. The summed E-state index contributed by atoms with van der Waals surface area (Å²) in [4.78, 5) is 16.6. The number of benzene rings is 2. The molecule has 0 bridgehead atoms. The first kappa shape index (κ1) is 23.9. The van der Waals surface area contributed by atoms with Crippen molar-refractivity contribution in [2.45, 2.75) is 25.7 Å². The molecular weight excluding hydrogens is 487 g/mol. The van der Waals surface area contributed by atoms with Crippen LogP contribution in [-0.4, -0.2) is 39.4 Å². The van der Waals surface area contributed by atoms with Gasteiger partial charge in [0, 0.05) is 23.6 Å². The summed E-state index contributed by atoms with van der Waals surface area (Å²) in [6.45, 7) is 0.475. The number of nitrogens with one attached hydrogen (secondary N) is 1. The molecule has 2 aromatic carbocycles. The number of hydrogen-bond donors (Lipinski definition) is 2. The number of hydrogen-bond acceptors (Lipinski definition) is 9. The Hall–Kier alpha value is -3.83. The lowest BCUT2D eigenvalue weighted by atomic mass is 10.2. The summed E-state index contributed by atoms with van der Waals surface area (Å²) in [6, 6.07) is 12.0. The Bertz CT molecular complexity index is 1340. The number of anilines is 1. The molecule has 5 rings (SSSR count).